The van der Waals surface area contributed by atoms with Crippen LogP contribution in [0.3, 0.4) is 0 Å². The van der Waals surface area contributed by atoms with Crippen LogP contribution in [0.25, 0.3) is 0 Å². The van der Waals surface area contributed by atoms with Gasteiger partial charge in [-0.05, 0) is 31.1 Å². The Kier molecular flexibility index (Phi) is 3.73. The fourth-order valence-corrected chi connectivity index (χ4v) is 4.63. The largest absolute Gasteiger partial charge is 0.399 e. The van der Waals surface area contributed by atoms with Crippen LogP contribution in [0.5, 0.6) is 0 Å². The Morgan fingerprint density at radius 1 is 1.26 bits per heavy atom. The first-order valence-corrected chi connectivity index (χ1v) is 8.64. The summed E-state index contributed by atoms with van der Waals surface area (Å²) in [5.74, 6) is 0.319. The molecule has 2 aromatic rings. The molecule has 1 unspecified atom stereocenters. The zero-order valence-electron chi connectivity index (χ0n) is 12.7. The summed E-state index contributed by atoms with van der Waals surface area (Å²) in [6.07, 6.45) is 5.23. The molecule has 0 amide bonds. The number of anilines is 1. The molecule has 1 aliphatic rings. The van der Waals surface area contributed by atoms with Crippen molar-refractivity contribution >= 4 is 15.8 Å². The highest BCUT2D eigenvalue weighted by Crippen LogP contribution is 2.41. The van der Waals surface area contributed by atoms with Crippen LogP contribution in [0, 0.1) is 0 Å². The smallest absolute Gasteiger partial charge is 0.247 e. The first kappa shape index (κ1) is 15.4. The van der Waals surface area contributed by atoms with Gasteiger partial charge in [0.15, 0.2) is 0 Å². The van der Waals surface area contributed by atoms with Crippen molar-refractivity contribution in [2.45, 2.75) is 18.1 Å². The highest BCUT2D eigenvalue weighted by molar-refractivity contribution is 7.93. The van der Waals surface area contributed by atoms with Crippen molar-refractivity contribution in [1.29, 1.82) is 0 Å². The average molecular weight is 330 g/mol. The van der Waals surface area contributed by atoms with Crippen LogP contribution in [0.15, 0.2) is 66.0 Å². The van der Waals surface area contributed by atoms with Crippen molar-refractivity contribution in [1.82, 2.24) is 10.2 Å². The van der Waals surface area contributed by atoms with E-state index in [1.54, 1.807) is 30.4 Å². The number of hydrogen-bond acceptors (Lipinski definition) is 4. The number of nitrogens with zero attached hydrogens (tertiary/aromatic N) is 1. The molecule has 120 valence electrons. The Morgan fingerprint density at radius 2 is 2.00 bits per heavy atom. The molecular weight excluding hydrogens is 312 g/mol. The highest BCUT2D eigenvalue weighted by atomic mass is 32.2. The van der Waals surface area contributed by atoms with E-state index >= 15 is 0 Å². The summed E-state index contributed by atoms with van der Waals surface area (Å²) < 4.78 is 27.7. The molecule has 0 saturated heterocycles. The van der Waals surface area contributed by atoms with E-state index in [4.69, 9.17) is 5.73 Å². The van der Waals surface area contributed by atoms with Gasteiger partial charge in [0.25, 0.3) is 0 Å². The third kappa shape index (κ3) is 2.75. The van der Waals surface area contributed by atoms with Crippen LogP contribution in [-0.4, -0.2) is 18.6 Å². The van der Waals surface area contributed by atoms with Gasteiger partial charge in [0.1, 0.15) is 10.6 Å². The molecule has 1 aliphatic carbocycles. The van der Waals surface area contributed by atoms with Gasteiger partial charge in [0.2, 0.25) is 10.0 Å². The molecule has 1 aromatic heterocycles. The first-order chi connectivity index (χ1) is 10.9. The van der Waals surface area contributed by atoms with E-state index in [0.717, 1.165) is 5.57 Å². The van der Waals surface area contributed by atoms with Crippen LogP contribution in [0.1, 0.15) is 18.9 Å². The van der Waals surface area contributed by atoms with Crippen LogP contribution in [-0.2, 0) is 14.8 Å². The van der Waals surface area contributed by atoms with Gasteiger partial charge in [-0.1, -0.05) is 35.9 Å². The Bertz CT molecular complexity index is 855. The van der Waals surface area contributed by atoms with Crippen LogP contribution in [0.4, 0.5) is 5.82 Å². The van der Waals surface area contributed by atoms with E-state index in [1.807, 2.05) is 25.1 Å². The molecule has 4 N–H and O–H groups in total. The number of aromatic amines is 1. The Hall–Kier alpha value is -2.54. The van der Waals surface area contributed by atoms with Gasteiger partial charge in [-0.15, -0.1) is 0 Å². The van der Waals surface area contributed by atoms with Crippen LogP contribution < -0.4 is 10.5 Å². The fourth-order valence-electron chi connectivity index (χ4n) is 2.89. The summed E-state index contributed by atoms with van der Waals surface area (Å²) in [5.41, 5.74) is 7.99. The van der Waals surface area contributed by atoms with Gasteiger partial charge in [-0.25, -0.2) is 8.42 Å². The minimum atomic E-state index is -3.81. The molecule has 0 fully saturated rings. The summed E-state index contributed by atoms with van der Waals surface area (Å²) in [5, 5.41) is 6.39. The Balaban J connectivity index is 2.16. The molecule has 0 aliphatic heterocycles. The maximum absolute atomic E-state index is 13.2. The van der Waals surface area contributed by atoms with Crippen molar-refractivity contribution < 1.29 is 8.42 Å². The van der Waals surface area contributed by atoms with Gasteiger partial charge in [-0.3, -0.25) is 9.82 Å². The van der Waals surface area contributed by atoms with E-state index in [-0.39, 0.29) is 0 Å². The lowest BCUT2D eigenvalue weighted by molar-refractivity contribution is 0.557. The molecule has 23 heavy (non-hydrogen) atoms. The lowest BCUT2D eigenvalue weighted by atomic mass is 9.87. The molecule has 1 atom stereocenters. The number of hydrogen-bond donors (Lipinski definition) is 3. The second-order valence-electron chi connectivity index (χ2n) is 5.64. The van der Waals surface area contributed by atoms with Gasteiger partial charge in [0, 0.05) is 11.8 Å². The second kappa shape index (κ2) is 5.58. The van der Waals surface area contributed by atoms with Gasteiger partial charge >= 0.3 is 0 Å². The van der Waals surface area contributed by atoms with E-state index in [2.05, 4.69) is 14.9 Å². The predicted octanol–water partition coefficient (Wildman–Crippen LogP) is 2.24. The number of rotatable bonds is 4. The van der Waals surface area contributed by atoms with Crippen molar-refractivity contribution in [3.8, 4) is 0 Å². The van der Waals surface area contributed by atoms with Crippen LogP contribution >= 0.6 is 0 Å². The number of benzene rings is 1. The van der Waals surface area contributed by atoms with E-state index in [9.17, 15) is 8.42 Å². The number of nitrogens with two attached hydrogens (primary N) is 1. The number of H-pyrrole nitrogens is 1. The average Bonchev–Trinajstić information content (AvgIpc) is 2.99. The molecule has 1 heterocycles. The Labute approximate surface area is 135 Å². The topological polar surface area (TPSA) is 101 Å². The lowest BCUT2D eigenvalue weighted by Crippen LogP contribution is -2.40. The van der Waals surface area contributed by atoms with Gasteiger partial charge in [0.05, 0.1) is 6.20 Å². The predicted molar refractivity (Wildman–Crippen MR) is 89.9 cm³/mol. The summed E-state index contributed by atoms with van der Waals surface area (Å²) in [7, 11) is -3.81. The van der Waals surface area contributed by atoms with Crippen molar-refractivity contribution in [3.63, 3.8) is 0 Å². The SMILES string of the molecule is CC1=CC(N)=CC(c2ccccc2)(S(=O)(=O)Nc2ccn[nH]2)C1. The van der Waals surface area contributed by atoms with Crippen LogP contribution in [0.2, 0.25) is 0 Å². The molecule has 7 heteroatoms. The summed E-state index contributed by atoms with van der Waals surface area (Å²) >= 11 is 0. The number of nitrogens with one attached hydrogen (secondary N) is 2. The zero-order valence-corrected chi connectivity index (χ0v) is 13.5. The number of aromatic nitrogens is 2. The van der Waals surface area contributed by atoms with Crippen molar-refractivity contribution in [3.05, 3.63) is 71.6 Å². The Morgan fingerprint density at radius 3 is 2.61 bits per heavy atom. The quantitative estimate of drug-likeness (QED) is 0.800. The maximum atomic E-state index is 13.2. The molecule has 0 saturated carbocycles. The van der Waals surface area contributed by atoms with Gasteiger partial charge < -0.3 is 5.73 Å². The molecule has 0 radical (unpaired) electrons. The van der Waals surface area contributed by atoms with E-state index in [1.165, 1.54) is 6.20 Å². The fraction of sp³-hybridized carbons (Fsp3) is 0.188. The zero-order chi connectivity index (χ0) is 16.5. The number of allylic oxidation sites excluding steroid dienone is 2. The third-order valence-corrected chi connectivity index (χ3v) is 5.79. The summed E-state index contributed by atoms with van der Waals surface area (Å²) in [4.78, 5) is 0. The number of sulfonamides is 1. The molecular formula is C16H18N4O2S. The first-order valence-electron chi connectivity index (χ1n) is 7.16. The summed E-state index contributed by atoms with van der Waals surface area (Å²) in [6, 6.07) is 10.7. The van der Waals surface area contributed by atoms with E-state index < -0.39 is 14.8 Å². The molecule has 6 nitrogen and oxygen atoms in total. The maximum Gasteiger partial charge on any atom is 0.247 e. The van der Waals surface area contributed by atoms with E-state index in [0.29, 0.717) is 23.5 Å². The second-order valence-corrected chi connectivity index (χ2v) is 7.58. The lowest BCUT2D eigenvalue weighted by Gasteiger charge is -2.34. The third-order valence-electron chi connectivity index (χ3n) is 3.84. The highest BCUT2D eigenvalue weighted by Gasteiger charge is 2.45. The summed E-state index contributed by atoms with van der Waals surface area (Å²) in [6.45, 7) is 1.88. The minimum absolute atomic E-state index is 0.319. The molecule has 0 spiro atoms. The molecule has 1 aromatic carbocycles. The molecule has 0 bridgehead atoms. The monoisotopic (exact) mass is 330 g/mol. The van der Waals surface area contributed by atoms with Crippen molar-refractivity contribution in [2.24, 2.45) is 5.73 Å². The molecule has 3 rings (SSSR count). The normalized spacial score (nSPS) is 21.4. The van der Waals surface area contributed by atoms with Crippen molar-refractivity contribution in [2.75, 3.05) is 4.72 Å². The standard InChI is InChI=1S/C16H18N4O2S/c1-12-9-14(17)11-16(10-12,13-5-3-2-4-6-13)23(21,22)20-15-7-8-18-19-15/h2-9,11H,10,17H2,1H3,(H2,18,19,20). The van der Waals surface area contributed by atoms with Gasteiger partial charge in [-0.2, -0.15) is 5.10 Å². The minimum Gasteiger partial charge on any atom is -0.399 e.